The van der Waals surface area contributed by atoms with Gasteiger partial charge in [-0.05, 0) is 37.1 Å². The molecule has 1 atom stereocenters. The summed E-state index contributed by atoms with van der Waals surface area (Å²) in [5.74, 6) is 0. The standard InChI is InChI=1S/C16H13F3N4/c17-16(18,19)15-8-13(2-1-11(15)9-20)22-12-3-4-14(7-12)23-6-5-21-10-23/h1-2,5-8,10,12,22H,3-4H2. The van der Waals surface area contributed by atoms with Crippen LogP contribution in [0.4, 0.5) is 18.9 Å². The van der Waals surface area contributed by atoms with Crippen molar-refractivity contribution in [3.8, 4) is 6.07 Å². The van der Waals surface area contributed by atoms with E-state index in [4.69, 9.17) is 5.26 Å². The maximum atomic E-state index is 13.0. The molecular formula is C16H13F3N4. The van der Waals surface area contributed by atoms with Crippen LogP contribution >= 0.6 is 0 Å². The highest BCUT2D eigenvalue weighted by Gasteiger charge is 2.34. The molecule has 23 heavy (non-hydrogen) atoms. The van der Waals surface area contributed by atoms with Crippen LogP contribution in [0.15, 0.2) is 43.0 Å². The molecule has 1 heterocycles. The summed E-state index contributed by atoms with van der Waals surface area (Å²) in [4.78, 5) is 3.98. The Morgan fingerprint density at radius 3 is 2.83 bits per heavy atom. The van der Waals surface area contributed by atoms with E-state index in [-0.39, 0.29) is 11.6 Å². The third-order valence-corrected chi connectivity index (χ3v) is 3.74. The van der Waals surface area contributed by atoms with Crippen molar-refractivity contribution in [3.63, 3.8) is 0 Å². The predicted octanol–water partition coefficient (Wildman–Crippen LogP) is 3.89. The molecule has 0 amide bonds. The Balaban J connectivity index is 1.80. The Kier molecular flexibility index (Phi) is 3.82. The zero-order valence-electron chi connectivity index (χ0n) is 12.0. The lowest BCUT2D eigenvalue weighted by atomic mass is 10.1. The second-order valence-electron chi connectivity index (χ2n) is 5.29. The number of nitrogens with one attached hydrogen (secondary N) is 1. The Morgan fingerprint density at radius 2 is 2.17 bits per heavy atom. The van der Waals surface area contributed by atoms with E-state index in [0.29, 0.717) is 5.69 Å². The van der Waals surface area contributed by atoms with Crippen LogP contribution in [0.2, 0.25) is 0 Å². The highest BCUT2D eigenvalue weighted by atomic mass is 19.4. The van der Waals surface area contributed by atoms with Crippen molar-refractivity contribution in [2.24, 2.45) is 0 Å². The summed E-state index contributed by atoms with van der Waals surface area (Å²) >= 11 is 0. The van der Waals surface area contributed by atoms with Gasteiger partial charge in [-0.1, -0.05) is 0 Å². The van der Waals surface area contributed by atoms with E-state index in [1.165, 1.54) is 12.1 Å². The number of nitriles is 1. The number of anilines is 1. The van der Waals surface area contributed by atoms with Crippen molar-refractivity contribution >= 4 is 11.4 Å². The van der Waals surface area contributed by atoms with Crippen LogP contribution in [0, 0.1) is 11.3 Å². The smallest absolute Gasteiger partial charge is 0.379 e. The number of aromatic nitrogens is 2. The monoisotopic (exact) mass is 318 g/mol. The van der Waals surface area contributed by atoms with Crippen molar-refractivity contribution in [1.82, 2.24) is 9.55 Å². The first-order chi connectivity index (χ1) is 11.0. The minimum Gasteiger partial charge on any atom is -0.379 e. The molecule has 118 valence electrons. The SMILES string of the molecule is N#Cc1ccc(NC2C=C(n3ccnc3)CC2)cc1C(F)(F)F. The van der Waals surface area contributed by atoms with Crippen molar-refractivity contribution in [3.05, 3.63) is 54.1 Å². The number of hydrogen-bond acceptors (Lipinski definition) is 3. The molecule has 0 spiro atoms. The van der Waals surface area contributed by atoms with Crippen LogP contribution in [0.25, 0.3) is 5.70 Å². The van der Waals surface area contributed by atoms with Crippen molar-refractivity contribution < 1.29 is 13.2 Å². The summed E-state index contributed by atoms with van der Waals surface area (Å²) < 4.78 is 40.8. The zero-order chi connectivity index (χ0) is 16.4. The molecule has 0 radical (unpaired) electrons. The first-order valence-electron chi connectivity index (χ1n) is 7.04. The van der Waals surface area contributed by atoms with Gasteiger partial charge in [-0.3, -0.25) is 0 Å². The molecule has 0 saturated carbocycles. The molecule has 1 unspecified atom stereocenters. The zero-order valence-corrected chi connectivity index (χ0v) is 12.0. The van der Waals surface area contributed by atoms with Crippen molar-refractivity contribution in [2.75, 3.05) is 5.32 Å². The fraction of sp³-hybridized carbons (Fsp3) is 0.250. The van der Waals surface area contributed by atoms with Crippen LogP contribution in [-0.4, -0.2) is 15.6 Å². The molecule has 7 heteroatoms. The molecule has 0 aliphatic heterocycles. The number of alkyl halides is 3. The second kappa shape index (κ2) is 5.80. The second-order valence-corrected chi connectivity index (χ2v) is 5.29. The van der Waals surface area contributed by atoms with Gasteiger partial charge < -0.3 is 9.88 Å². The Labute approximate surface area is 130 Å². The molecule has 0 fully saturated rings. The molecule has 3 rings (SSSR count). The number of benzene rings is 1. The number of rotatable bonds is 3. The summed E-state index contributed by atoms with van der Waals surface area (Å²) in [5.41, 5.74) is 0.125. The molecule has 0 saturated heterocycles. The fourth-order valence-electron chi connectivity index (χ4n) is 2.64. The normalized spacial score (nSPS) is 17.7. The number of nitrogens with zero attached hydrogens (tertiary/aromatic N) is 3. The van der Waals surface area contributed by atoms with E-state index in [9.17, 15) is 13.2 Å². The lowest BCUT2D eigenvalue weighted by Crippen LogP contribution is -2.15. The van der Waals surface area contributed by atoms with E-state index in [2.05, 4.69) is 10.3 Å². The first-order valence-corrected chi connectivity index (χ1v) is 7.04. The molecule has 1 N–H and O–H groups in total. The van der Waals surface area contributed by atoms with Gasteiger partial charge in [0.05, 0.1) is 23.5 Å². The summed E-state index contributed by atoms with van der Waals surface area (Å²) in [6.07, 6.45) is 4.24. The molecule has 2 aromatic rings. The molecular weight excluding hydrogens is 305 g/mol. The Morgan fingerprint density at radius 1 is 1.35 bits per heavy atom. The topological polar surface area (TPSA) is 53.6 Å². The molecule has 4 nitrogen and oxygen atoms in total. The Hall–Kier alpha value is -2.75. The highest BCUT2D eigenvalue weighted by Crippen LogP contribution is 2.34. The van der Waals surface area contributed by atoms with Gasteiger partial charge in [-0.15, -0.1) is 0 Å². The van der Waals surface area contributed by atoms with Crippen LogP contribution in [0.1, 0.15) is 24.0 Å². The molecule has 1 aliphatic rings. The Bertz CT molecular complexity index is 770. The maximum absolute atomic E-state index is 13.0. The molecule has 1 aliphatic carbocycles. The highest BCUT2D eigenvalue weighted by molar-refractivity contribution is 5.57. The number of imidazole rings is 1. The first kappa shape index (κ1) is 15.2. The van der Waals surface area contributed by atoms with Gasteiger partial charge in [-0.25, -0.2) is 4.98 Å². The predicted molar refractivity (Wildman–Crippen MR) is 79.3 cm³/mol. The van der Waals surface area contributed by atoms with Gasteiger partial charge in [0, 0.05) is 29.8 Å². The lowest BCUT2D eigenvalue weighted by Gasteiger charge is -2.15. The van der Waals surface area contributed by atoms with Gasteiger partial charge in [0.15, 0.2) is 0 Å². The van der Waals surface area contributed by atoms with E-state index in [1.54, 1.807) is 18.6 Å². The average Bonchev–Trinajstić information content (AvgIpc) is 3.17. The lowest BCUT2D eigenvalue weighted by molar-refractivity contribution is -0.137. The van der Waals surface area contributed by atoms with Gasteiger partial charge in [0.2, 0.25) is 0 Å². The third kappa shape index (κ3) is 3.21. The summed E-state index contributed by atoms with van der Waals surface area (Å²) in [5, 5.41) is 11.9. The summed E-state index contributed by atoms with van der Waals surface area (Å²) in [6.45, 7) is 0. The van der Waals surface area contributed by atoms with Crippen molar-refractivity contribution in [1.29, 1.82) is 5.26 Å². The third-order valence-electron chi connectivity index (χ3n) is 3.74. The largest absolute Gasteiger partial charge is 0.417 e. The van der Waals surface area contributed by atoms with Gasteiger partial charge in [0.1, 0.15) is 0 Å². The van der Waals surface area contributed by atoms with Crippen LogP contribution in [0.3, 0.4) is 0 Å². The quantitative estimate of drug-likeness (QED) is 0.934. The minimum absolute atomic E-state index is 0.0542. The van der Waals surface area contributed by atoms with Crippen LogP contribution in [-0.2, 0) is 6.18 Å². The van der Waals surface area contributed by atoms with E-state index < -0.39 is 11.7 Å². The molecule has 1 aromatic heterocycles. The number of allylic oxidation sites excluding steroid dienone is 1. The van der Waals surface area contributed by atoms with E-state index in [0.717, 1.165) is 24.6 Å². The van der Waals surface area contributed by atoms with Crippen LogP contribution in [0.5, 0.6) is 0 Å². The van der Waals surface area contributed by atoms with Gasteiger partial charge in [0.25, 0.3) is 0 Å². The number of halogens is 3. The number of hydrogen-bond donors (Lipinski definition) is 1. The van der Waals surface area contributed by atoms with Gasteiger partial charge >= 0.3 is 6.18 Å². The van der Waals surface area contributed by atoms with Gasteiger partial charge in [-0.2, -0.15) is 18.4 Å². The minimum atomic E-state index is -4.55. The van der Waals surface area contributed by atoms with E-state index in [1.807, 2.05) is 16.8 Å². The average molecular weight is 318 g/mol. The fourth-order valence-corrected chi connectivity index (χ4v) is 2.64. The maximum Gasteiger partial charge on any atom is 0.417 e. The van der Waals surface area contributed by atoms with E-state index >= 15 is 0 Å². The van der Waals surface area contributed by atoms with Crippen LogP contribution < -0.4 is 5.32 Å². The van der Waals surface area contributed by atoms with Crippen molar-refractivity contribution in [2.45, 2.75) is 25.1 Å². The molecule has 0 bridgehead atoms. The summed E-state index contributed by atoms with van der Waals surface area (Å²) in [7, 11) is 0. The molecule has 1 aromatic carbocycles. The summed E-state index contributed by atoms with van der Waals surface area (Å²) in [6, 6.07) is 5.20.